The van der Waals surface area contributed by atoms with Gasteiger partial charge in [-0.3, -0.25) is 0 Å². The monoisotopic (exact) mass is 654 g/mol. The van der Waals surface area contributed by atoms with Crippen LogP contribution in [-0.4, -0.2) is 19.5 Å². The van der Waals surface area contributed by atoms with Crippen molar-refractivity contribution in [2.24, 2.45) is 0 Å². The second-order valence-corrected chi connectivity index (χ2v) is 12.8. The number of fused-ring (bicyclic) bond motifs is 6. The third kappa shape index (κ3) is 4.98. The van der Waals surface area contributed by atoms with Gasteiger partial charge in [-0.1, -0.05) is 127 Å². The van der Waals surface area contributed by atoms with E-state index in [4.69, 9.17) is 19.4 Å². The van der Waals surface area contributed by atoms with Crippen LogP contribution in [0.5, 0.6) is 0 Å². The van der Waals surface area contributed by atoms with Crippen LogP contribution in [0.25, 0.3) is 84.3 Å². The summed E-state index contributed by atoms with van der Waals surface area (Å²) < 4.78 is 8.72. The Balaban J connectivity index is 1.04. The Labute approximate surface area is 294 Å². The highest BCUT2D eigenvalue weighted by atomic mass is 16.3. The standard InChI is InChI=1S/C46H30N4O/c1-2-12-31(13-3-1)44-47-45(32-24-22-30(23-25-32)35-14-4-5-18-39-38-17-8-11-21-42(38)51-43(35)39)49-46(48-44)33-26-28-34(29-27-33)50-40-19-9-6-15-36(40)37-16-7-10-20-41(37)50/h1-3,5-29H,4H2. The van der Waals surface area contributed by atoms with Crippen molar-refractivity contribution in [1.82, 2.24) is 19.5 Å². The normalized spacial score (nSPS) is 12.7. The average Bonchev–Trinajstić information content (AvgIpc) is 3.66. The van der Waals surface area contributed by atoms with Crippen molar-refractivity contribution in [3.63, 3.8) is 0 Å². The van der Waals surface area contributed by atoms with E-state index >= 15 is 0 Å². The average molecular weight is 655 g/mol. The molecule has 0 fully saturated rings. The molecule has 1 aliphatic carbocycles. The number of hydrogen-bond acceptors (Lipinski definition) is 4. The molecule has 5 heteroatoms. The van der Waals surface area contributed by atoms with Crippen LogP contribution in [0, 0.1) is 0 Å². The predicted octanol–water partition coefficient (Wildman–Crippen LogP) is 11.6. The lowest BCUT2D eigenvalue weighted by Crippen LogP contribution is -2.01. The Bertz CT molecular complexity index is 2750. The topological polar surface area (TPSA) is 56.7 Å². The minimum Gasteiger partial charge on any atom is -0.455 e. The number of allylic oxidation sites excluding steroid dienone is 2. The van der Waals surface area contributed by atoms with Crippen molar-refractivity contribution < 1.29 is 4.42 Å². The molecule has 6 aromatic carbocycles. The van der Waals surface area contributed by atoms with Gasteiger partial charge >= 0.3 is 0 Å². The third-order valence-corrected chi connectivity index (χ3v) is 9.71. The highest BCUT2D eigenvalue weighted by Crippen LogP contribution is 2.38. The fourth-order valence-corrected chi connectivity index (χ4v) is 7.25. The van der Waals surface area contributed by atoms with Crippen LogP contribution in [0.2, 0.25) is 0 Å². The lowest BCUT2D eigenvalue weighted by atomic mass is 9.98. The van der Waals surface area contributed by atoms with Crippen LogP contribution in [0.1, 0.15) is 23.3 Å². The van der Waals surface area contributed by atoms with E-state index in [0.717, 1.165) is 62.2 Å². The van der Waals surface area contributed by atoms with Crippen LogP contribution in [0.15, 0.2) is 168 Å². The van der Waals surface area contributed by atoms with Gasteiger partial charge < -0.3 is 8.98 Å². The zero-order chi connectivity index (χ0) is 33.7. The molecule has 0 aliphatic heterocycles. The van der Waals surface area contributed by atoms with E-state index in [1.165, 1.54) is 21.8 Å². The number of hydrogen-bond donors (Lipinski definition) is 0. The van der Waals surface area contributed by atoms with Gasteiger partial charge in [-0.25, -0.2) is 15.0 Å². The highest BCUT2D eigenvalue weighted by molar-refractivity contribution is 6.09. The molecule has 1 aliphatic rings. The second kappa shape index (κ2) is 11.9. The zero-order valence-corrected chi connectivity index (χ0v) is 27.6. The van der Waals surface area contributed by atoms with Gasteiger partial charge in [-0.2, -0.15) is 0 Å². The summed E-state index contributed by atoms with van der Waals surface area (Å²) in [7, 11) is 0. The third-order valence-electron chi connectivity index (χ3n) is 9.71. The summed E-state index contributed by atoms with van der Waals surface area (Å²) >= 11 is 0. The maximum atomic E-state index is 6.40. The second-order valence-electron chi connectivity index (χ2n) is 12.8. The molecular weight excluding hydrogens is 625 g/mol. The van der Waals surface area contributed by atoms with Crippen LogP contribution < -0.4 is 0 Å². The summed E-state index contributed by atoms with van der Waals surface area (Å²) in [6.07, 6.45) is 7.43. The van der Waals surface area contributed by atoms with Crippen LogP contribution in [0.4, 0.5) is 0 Å². The molecule has 0 saturated heterocycles. The molecule has 0 unspecified atom stereocenters. The number of benzene rings is 6. The fraction of sp³-hybridized carbons (Fsp3) is 0.0217. The number of nitrogens with zero attached hydrogens (tertiary/aromatic N) is 4. The van der Waals surface area contributed by atoms with E-state index < -0.39 is 0 Å². The maximum absolute atomic E-state index is 6.40. The van der Waals surface area contributed by atoms with Gasteiger partial charge in [0.2, 0.25) is 0 Å². The van der Waals surface area contributed by atoms with Gasteiger partial charge in [0.15, 0.2) is 17.5 Å². The molecule has 3 aromatic heterocycles. The summed E-state index contributed by atoms with van der Waals surface area (Å²) in [5.74, 6) is 2.78. The molecule has 0 saturated carbocycles. The van der Waals surface area contributed by atoms with Gasteiger partial charge in [0.25, 0.3) is 0 Å². The molecule has 0 spiro atoms. The first-order valence-electron chi connectivity index (χ1n) is 17.2. The first kappa shape index (κ1) is 29.1. The largest absolute Gasteiger partial charge is 0.455 e. The zero-order valence-electron chi connectivity index (χ0n) is 27.6. The Morgan fingerprint density at radius 2 is 0.980 bits per heavy atom. The number of furan rings is 1. The van der Waals surface area contributed by atoms with E-state index in [1.807, 2.05) is 42.5 Å². The van der Waals surface area contributed by atoms with Crippen molar-refractivity contribution in [3.05, 3.63) is 181 Å². The Morgan fingerprint density at radius 3 is 1.63 bits per heavy atom. The van der Waals surface area contributed by atoms with Crippen molar-refractivity contribution in [3.8, 4) is 39.9 Å². The molecule has 240 valence electrons. The fourth-order valence-electron chi connectivity index (χ4n) is 7.25. The van der Waals surface area contributed by atoms with Crippen LogP contribution >= 0.6 is 0 Å². The summed E-state index contributed by atoms with van der Waals surface area (Å²) in [6.45, 7) is 0. The van der Waals surface area contributed by atoms with Gasteiger partial charge in [-0.15, -0.1) is 0 Å². The summed E-state index contributed by atoms with van der Waals surface area (Å²) in [4.78, 5) is 15.0. The highest BCUT2D eigenvalue weighted by Gasteiger charge is 2.20. The molecule has 5 nitrogen and oxygen atoms in total. The van der Waals surface area contributed by atoms with Crippen molar-refractivity contribution in [1.29, 1.82) is 0 Å². The number of para-hydroxylation sites is 3. The SMILES string of the molecule is C1=Cc2c(oc3ccccc23)C(c2ccc(-c3nc(-c4ccccc4)nc(-c4ccc(-n5c6ccccc6c6ccccc65)cc4)n3)cc2)=CC1. The number of rotatable bonds is 5. The molecule has 0 radical (unpaired) electrons. The first-order valence-corrected chi connectivity index (χ1v) is 17.2. The van der Waals surface area contributed by atoms with Gasteiger partial charge in [0, 0.05) is 49.7 Å². The lowest BCUT2D eigenvalue weighted by molar-refractivity contribution is 0.599. The molecule has 10 rings (SSSR count). The maximum Gasteiger partial charge on any atom is 0.164 e. The van der Waals surface area contributed by atoms with E-state index in [0.29, 0.717) is 17.5 Å². The predicted molar refractivity (Wildman–Crippen MR) is 207 cm³/mol. The van der Waals surface area contributed by atoms with Gasteiger partial charge in [0.05, 0.1) is 11.0 Å². The van der Waals surface area contributed by atoms with Crippen molar-refractivity contribution >= 4 is 44.4 Å². The van der Waals surface area contributed by atoms with Gasteiger partial charge in [0.1, 0.15) is 11.3 Å². The van der Waals surface area contributed by atoms with E-state index in [2.05, 4.69) is 132 Å². The van der Waals surface area contributed by atoms with Crippen LogP contribution in [0.3, 0.4) is 0 Å². The molecule has 51 heavy (non-hydrogen) atoms. The first-order chi connectivity index (χ1) is 25.3. The molecule has 0 atom stereocenters. The smallest absolute Gasteiger partial charge is 0.164 e. The van der Waals surface area contributed by atoms with Crippen LogP contribution in [-0.2, 0) is 0 Å². The van der Waals surface area contributed by atoms with Crippen molar-refractivity contribution in [2.75, 3.05) is 0 Å². The Morgan fingerprint density at radius 1 is 0.471 bits per heavy atom. The van der Waals surface area contributed by atoms with E-state index in [1.54, 1.807) is 0 Å². The van der Waals surface area contributed by atoms with Crippen molar-refractivity contribution in [2.45, 2.75) is 6.42 Å². The molecule has 0 N–H and O–H groups in total. The molecule has 3 heterocycles. The number of aromatic nitrogens is 4. The summed E-state index contributed by atoms with van der Waals surface area (Å²) in [5.41, 5.74) is 10.4. The molecule has 0 amide bonds. The summed E-state index contributed by atoms with van der Waals surface area (Å²) in [6, 6.07) is 52.4. The Kier molecular flexibility index (Phi) is 6.81. The lowest BCUT2D eigenvalue weighted by Gasteiger charge is -2.11. The van der Waals surface area contributed by atoms with E-state index in [9.17, 15) is 0 Å². The van der Waals surface area contributed by atoms with E-state index in [-0.39, 0.29) is 0 Å². The molecule has 0 bridgehead atoms. The Hall–Kier alpha value is -6.85. The summed E-state index contributed by atoms with van der Waals surface area (Å²) in [5, 5.41) is 3.60. The van der Waals surface area contributed by atoms with Gasteiger partial charge in [-0.05, 0) is 54.4 Å². The molecule has 9 aromatic rings. The minimum absolute atomic E-state index is 0.623. The quantitative estimate of drug-likeness (QED) is 0.185. The molecular formula is C46H30N4O. The minimum atomic E-state index is 0.623.